The van der Waals surface area contributed by atoms with Gasteiger partial charge < -0.3 is 9.88 Å². The minimum absolute atomic E-state index is 0.204. The van der Waals surface area contributed by atoms with Gasteiger partial charge in [-0.3, -0.25) is 9.78 Å². The molecule has 0 unspecified atom stereocenters. The fourth-order valence-corrected chi connectivity index (χ4v) is 3.21. The van der Waals surface area contributed by atoms with E-state index >= 15 is 0 Å². The third-order valence-electron chi connectivity index (χ3n) is 4.26. The van der Waals surface area contributed by atoms with E-state index in [4.69, 9.17) is 0 Å². The van der Waals surface area contributed by atoms with Gasteiger partial charge in [0.25, 0.3) is 5.91 Å². The second-order valence-electron chi connectivity index (χ2n) is 6.58. The minimum atomic E-state index is -0.249. The first kappa shape index (κ1) is 18.2. The van der Waals surface area contributed by atoms with E-state index in [0.717, 1.165) is 15.4 Å². The molecule has 0 atom stereocenters. The Labute approximate surface area is 170 Å². The topological polar surface area (TPSA) is 85.6 Å². The average Bonchev–Trinajstić information content (AvgIpc) is 3.18. The summed E-state index contributed by atoms with van der Waals surface area (Å²) in [6.45, 7) is 4.09. The Hall–Kier alpha value is -3.13. The van der Waals surface area contributed by atoms with E-state index in [9.17, 15) is 4.79 Å². The Morgan fingerprint density at radius 2 is 2.04 bits per heavy atom. The molecule has 0 saturated carbocycles. The van der Waals surface area contributed by atoms with Crippen molar-refractivity contribution in [2.45, 2.75) is 19.9 Å². The number of hydrogen-bond donors (Lipinski definition) is 1. The number of anilines is 1. The fraction of sp³-hybridized carbons (Fsp3) is 0.150. The molecule has 8 heteroatoms. The largest absolute Gasteiger partial charge is 0.310 e. The predicted molar refractivity (Wildman–Crippen MR) is 111 cm³/mol. The Kier molecular flexibility index (Phi) is 4.87. The van der Waals surface area contributed by atoms with Crippen molar-refractivity contribution in [1.29, 1.82) is 0 Å². The van der Waals surface area contributed by atoms with Crippen LogP contribution in [0.5, 0.6) is 0 Å². The number of nitrogens with zero attached hydrogens (tertiary/aromatic N) is 5. The highest BCUT2D eigenvalue weighted by molar-refractivity contribution is 9.10. The maximum absolute atomic E-state index is 12.7. The molecular formula is C20H17BrN6O. The van der Waals surface area contributed by atoms with Gasteiger partial charge in [0.05, 0.1) is 5.52 Å². The zero-order valence-electron chi connectivity index (χ0n) is 15.3. The van der Waals surface area contributed by atoms with Crippen molar-refractivity contribution in [3.8, 4) is 11.5 Å². The molecule has 0 spiro atoms. The number of benzene rings is 1. The average molecular weight is 437 g/mol. The standard InChI is InChI=1S/C20H17BrN6O/c1-12(2)27-11-23-26-19(27)16-4-3-5-18(24-16)25-20(28)14-7-6-13-8-15(21)10-22-17(13)9-14/h3-12H,1-2H3,(H,24,25,28). The highest BCUT2D eigenvalue weighted by Gasteiger charge is 2.13. The van der Waals surface area contributed by atoms with Crippen molar-refractivity contribution in [2.75, 3.05) is 5.32 Å². The zero-order valence-corrected chi connectivity index (χ0v) is 16.9. The molecule has 0 aliphatic carbocycles. The van der Waals surface area contributed by atoms with E-state index in [2.05, 4.69) is 41.4 Å². The molecule has 0 saturated heterocycles. The van der Waals surface area contributed by atoms with Gasteiger partial charge in [0.1, 0.15) is 17.8 Å². The summed E-state index contributed by atoms with van der Waals surface area (Å²) in [5, 5.41) is 11.9. The number of pyridine rings is 2. The van der Waals surface area contributed by atoms with Crippen molar-refractivity contribution in [3.05, 3.63) is 65.0 Å². The lowest BCUT2D eigenvalue weighted by molar-refractivity contribution is 0.102. The maximum Gasteiger partial charge on any atom is 0.256 e. The molecule has 1 aromatic carbocycles. The second kappa shape index (κ2) is 7.47. The van der Waals surface area contributed by atoms with Gasteiger partial charge >= 0.3 is 0 Å². The summed E-state index contributed by atoms with van der Waals surface area (Å²) in [6, 6.07) is 13.0. The van der Waals surface area contributed by atoms with Crippen LogP contribution < -0.4 is 5.32 Å². The number of halogens is 1. The summed E-state index contributed by atoms with van der Waals surface area (Å²) in [7, 11) is 0. The van der Waals surface area contributed by atoms with Gasteiger partial charge in [-0.25, -0.2) is 4.98 Å². The SMILES string of the molecule is CC(C)n1cnnc1-c1cccc(NC(=O)c2ccc3cc(Br)cnc3c2)n1. The number of hydrogen-bond acceptors (Lipinski definition) is 5. The highest BCUT2D eigenvalue weighted by Crippen LogP contribution is 2.21. The van der Waals surface area contributed by atoms with Gasteiger partial charge in [-0.05, 0) is 60.1 Å². The predicted octanol–water partition coefficient (Wildman–Crippen LogP) is 4.48. The summed E-state index contributed by atoms with van der Waals surface area (Å²) in [5.74, 6) is 0.859. The number of carbonyl (C=O) groups excluding carboxylic acids is 1. The summed E-state index contributed by atoms with van der Waals surface area (Å²) in [6.07, 6.45) is 3.38. The van der Waals surface area contributed by atoms with Crippen molar-refractivity contribution < 1.29 is 4.79 Å². The molecule has 4 aromatic rings. The first-order valence-electron chi connectivity index (χ1n) is 8.75. The van der Waals surface area contributed by atoms with Crippen LogP contribution in [0.4, 0.5) is 5.82 Å². The first-order chi connectivity index (χ1) is 13.5. The van der Waals surface area contributed by atoms with Crippen LogP contribution >= 0.6 is 15.9 Å². The van der Waals surface area contributed by atoms with Crippen molar-refractivity contribution in [1.82, 2.24) is 24.7 Å². The van der Waals surface area contributed by atoms with Crippen LogP contribution in [0.1, 0.15) is 30.2 Å². The van der Waals surface area contributed by atoms with E-state index in [1.165, 1.54) is 0 Å². The van der Waals surface area contributed by atoms with E-state index in [0.29, 0.717) is 22.9 Å². The molecule has 3 heterocycles. The third-order valence-corrected chi connectivity index (χ3v) is 4.70. The number of carbonyl (C=O) groups is 1. The van der Waals surface area contributed by atoms with Gasteiger partial charge in [0, 0.05) is 27.7 Å². The van der Waals surface area contributed by atoms with Crippen LogP contribution in [-0.2, 0) is 0 Å². The number of aromatic nitrogens is 5. The number of nitrogens with one attached hydrogen (secondary N) is 1. The normalized spacial score (nSPS) is 11.1. The molecule has 28 heavy (non-hydrogen) atoms. The fourth-order valence-electron chi connectivity index (χ4n) is 2.86. The summed E-state index contributed by atoms with van der Waals surface area (Å²) >= 11 is 3.40. The van der Waals surface area contributed by atoms with E-state index in [-0.39, 0.29) is 11.9 Å². The molecule has 0 radical (unpaired) electrons. The molecule has 0 aliphatic heterocycles. The lowest BCUT2D eigenvalue weighted by Crippen LogP contribution is -2.13. The van der Waals surface area contributed by atoms with E-state index in [1.807, 2.05) is 42.7 Å². The molecular weight excluding hydrogens is 420 g/mol. The number of fused-ring (bicyclic) bond motifs is 1. The van der Waals surface area contributed by atoms with Crippen LogP contribution in [0, 0.1) is 0 Å². The smallest absolute Gasteiger partial charge is 0.256 e. The van der Waals surface area contributed by atoms with Crippen molar-refractivity contribution in [3.63, 3.8) is 0 Å². The second-order valence-corrected chi connectivity index (χ2v) is 7.49. The van der Waals surface area contributed by atoms with Crippen molar-refractivity contribution in [2.24, 2.45) is 0 Å². The van der Waals surface area contributed by atoms with Gasteiger partial charge in [0.2, 0.25) is 0 Å². The Morgan fingerprint density at radius 3 is 2.86 bits per heavy atom. The Morgan fingerprint density at radius 1 is 1.18 bits per heavy atom. The summed E-state index contributed by atoms with van der Waals surface area (Å²) < 4.78 is 2.83. The number of amides is 1. The van der Waals surface area contributed by atoms with Crippen LogP contribution in [0.15, 0.2) is 59.5 Å². The van der Waals surface area contributed by atoms with Crippen LogP contribution in [0.25, 0.3) is 22.4 Å². The monoisotopic (exact) mass is 436 g/mol. The van der Waals surface area contributed by atoms with Crippen LogP contribution in [0.3, 0.4) is 0 Å². The summed E-state index contributed by atoms with van der Waals surface area (Å²) in [5.41, 5.74) is 1.91. The van der Waals surface area contributed by atoms with Crippen LogP contribution in [0.2, 0.25) is 0 Å². The quantitative estimate of drug-likeness (QED) is 0.509. The van der Waals surface area contributed by atoms with E-state index < -0.39 is 0 Å². The molecule has 0 aliphatic rings. The highest BCUT2D eigenvalue weighted by atomic mass is 79.9. The first-order valence-corrected chi connectivity index (χ1v) is 9.54. The lowest BCUT2D eigenvalue weighted by atomic mass is 10.1. The van der Waals surface area contributed by atoms with Crippen LogP contribution in [-0.4, -0.2) is 30.6 Å². The lowest BCUT2D eigenvalue weighted by Gasteiger charge is -2.11. The summed E-state index contributed by atoms with van der Waals surface area (Å²) in [4.78, 5) is 21.5. The van der Waals surface area contributed by atoms with E-state index in [1.54, 1.807) is 30.7 Å². The minimum Gasteiger partial charge on any atom is -0.310 e. The third kappa shape index (κ3) is 3.63. The molecule has 0 bridgehead atoms. The Bertz CT molecular complexity index is 1170. The van der Waals surface area contributed by atoms with Gasteiger partial charge in [-0.1, -0.05) is 12.1 Å². The molecule has 4 rings (SSSR count). The molecule has 7 nitrogen and oxygen atoms in total. The molecule has 3 aromatic heterocycles. The van der Waals surface area contributed by atoms with Gasteiger partial charge in [-0.15, -0.1) is 10.2 Å². The number of rotatable bonds is 4. The molecule has 1 amide bonds. The maximum atomic E-state index is 12.7. The Balaban J connectivity index is 1.60. The molecule has 1 N–H and O–H groups in total. The molecule has 140 valence electrons. The zero-order chi connectivity index (χ0) is 19.7. The van der Waals surface area contributed by atoms with Crippen molar-refractivity contribution >= 4 is 38.6 Å². The van der Waals surface area contributed by atoms with Gasteiger partial charge in [-0.2, -0.15) is 0 Å². The molecule has 0 fully saturated rings. The van der Waals surface area contributed by atoms with Gasteiger partial charge in [0.15, 0.2) is 5.82 Å².